The molecule has 1 unspecified atom stereocenters. The summed E-state index contributed by atoms with van der Waals surface area (Å²) in [5, 5.41) is 6.49. The third-order valence-electron chi connectivity index (χ3n) is 3.78. The zero-order valence-electron chi connectivity index (χ0n) is 15.3. The van der Waals surface area contributed by atoms with Crippen LogP contribution < -0.4 is 15.4 Å². The summed E-state index contributed by atoms with van der Waals surface area (Å²) in [4.78, 5) is 6.58. The first-order chi connectivity index (χ1) is 11.6. The Hall–Kier alpha value is -1.82. The van der Waals surface area contributed by atoms with Gasteiger partial charge in [-0.15, -0.1) is 0 Å². The number of ether oxygens (including phenoxy) is 1. The molecule has 0 aliphatic heterocycles. The van der Waals surface area contributed by atoms with Crippen molar-refractivity contribution < 1.29 is 9.13 Å². The van der Waals surface area contributed by atoms with Gasteiger partial charge in [0.05, 0.1) is 6.54 Å². The first-order valence-electron chi connectivity index (χ1n) is 8.68. The Labute approximate surface area is 145 Å². The largest absolute Gasteiger partial charge is 0.486 e. The van der Waals surface area contributed by atoms with Crippen molar-refractivity contribution in [2.75, 3.05) is 39.8 Å². The number of halogens is 1. The van der Waals surface area contributed by atoms with E-state index in [-0.39, 0.29) is 17.7 Å². The van der Waals surface area contributed by atoms with E-state index < -0.39 is 0 Å². The summed E-state index contributed by atoms with van der Waals surface area (Å²) >= 11 is 0. The molecule has 24 heavy (non-hydrogen) atoms. The SMILES string of the molecule is CCN(CC)CCCNC(=NC)NCC(C)Oc1ccccc1F. The predicted molar refractivity (Wildman–Crippen MR) is 98.3 cm³/mol. The van der Waals surface area contributed by atoms with Gasteiger partial charge < -0.3 is 20.3 Å². The van der Waals surface area contributed by atoms with E-state index in [0.717, 1.165) is 38.6 Å². The third-order valence-corrected chi connectivity index (χ3v) is 3.78. The van der Waals surface area contributed by atoms with E-state index in [1.54, 1.807) is 25.2 Å². The van der Waals surface area contributed by atoms with Crippen LogP contribution in [-0.2, 0) is 0 Å². The van der Waals surface area contributed by atoms with Crippen LogP contribution in [0.5, 0.6) is 5.75 Å². The zero-order valence-corrected chi connectivity index (χ0v) is 15.3. The quantitative estimate of drug-likeness (QED) is 0.391. The van der Waals surface area contributed by atoms with Gasteiger partial charge in [0.1, 0.15) is 6.10 Å². The highest BCUT2D eigenvalue weighted by molar-refractivity contribution is 5.79. The Kier molecular flexibility index (Phi) is 9.84. The molecule has 0 aliphatic carbocycles. The van der Waals surface area contributed by atoms with Crippen molar-refractivity contribution in [1.29, 1.82) is 0 Å². The number of aliphatic imine (C=N–C) groups is 1. The molecule has 0 spiro atoms. The van der Waals surface area contributed by atoms with Crippen molar-refractivity contribution in [3.05, 3.63) is 30.1 Å². The Morgan fingerprint density at radius 1 is 1.25 bits per heavy atom. The van der Waals surface area contributed by atoms with Gasteiger partial charge in [0.2, 0.25) is 0 Å². The van der Waals surface area contributed by atoms with E-state index in [9.17, 15) is 4.39 Å². The predicted octanol–water partition coefficient (Wildman–Crippen LogP) is 2.49. The summed E-state index contributed by atoms with van der Waals surface area (Å²) in [6.45, 7) is 10.9. The fourth-order valence-electron chi connectivity index (χ4n) is 2.31. The molecule has 0 bridgehead atoms. The Morgan fingerprint density at radius 3 is 2.58 bits per heavy atom. The van der Waals surface area contributed by atoms with Gasteiger partial charge in [-0.3, -0.25) is 4.99 Å². The lowest BCUT2D eigenvalue weighted by molar-refractivity contribution is 0.214. The monoisotopic (exact) mass is 338 g/mol. The van der Waals surface area contributed by atoms with Crippen LogP contribution in [0.3, 0.4) is 0 Å². The van der Waals surface area contributed by atoms with Crippen LogP contribution in [0.15, 0.2) is 29.3 Å². The molecule has 2 N–H and O–H groups in total. The van der Waals surface area contributed by atoms with Gasteiger partial charge in [-0.25, -0.2) is 4.39 Å². The summed E-state index contributed by atoms with van der Waals surface area (Å²) in [5.74, 6) is 0.663. The number of benzene rings is 1. The molecule has 0 radical (unpaired) electrons. The lowest BCUT2D eigenvalue weighted by Crippen LogP contribution is -2.42. The third kappa shape index (κ3) is 7.64. The molecule has 1 aromatic rings. The van der Waals surface area contributed by atoms with Gasteiger partial charge in [0, 0.05) is 13.6 Å². The van der Waals surface area contributed by atoms with Gasteiger partial charge in [0.15, 0.2) is 17.5 Å². The highest BCUT2D eigenvalue weighted by Gasteiger charge is 2.08. The van der Waals surface area contributed by atoms with Crippen molar-refractivity contribution in [1.82, 2.24) is 15.5 Å². The van der Waals surface area contributed by atoms with E-state index in [4.69, 9.17) is 4.74 Å². The second kappa shape index (κ2) is 11.7. The molecular weight excluding hydrogens is 307 g/mol. The summed E-state index contributed by atoms with van der Waals surface area (Å²) in [7, 11) is 1.74. The van der Waals surface area contributed by atoms with Gasteiger partial charge in [-0.05, 0) is 45.1 Å². The lowest BCUT2D eigenvalue weighted by Gasteiger charge is -2.19. The molecule has 0 fully saturated rings. The molecule has 136 valence electrons. The molecule has 6 heteroatoms. The van der Waals surface area contributed by atoms with Crippen LogP contribution in [0.4, 0.5) is 4.39 Å². The van der Waals surface area contributed by atoms with Gasteiger partial charge in [-0.2, -0.15) is 0 Å². The summed E-state index contributed by atoms with van der Waals surface area (Å²) in [6, 6.07) is 6.43. The number of rotatable bonds is 10. The number of hydrogen-bond acceptors (Lipinski definition) is 3. The van der Waals surface area contributed by atoms with Crippen molar-refractivity contribution in [2.45, 2.75) is 33.3 Å². The number of nitrogens with zero attached hydrogens (tertiary/aromatic N) is 2. The van der Waals surface area contributed by atoms with Gasteiger partial charge >= 0.3 is 0 Å². The number of guanidine groups is 1. The normalized spacial score (nSPS) is 13.0. The summed E-state index contributed by atoms with van der Waals surface area (Å²) in [5.41, 5.74) is 0. The minimum Gasteiger partial charge on any atom is -0.486 e. The lowest BCUT2D eigenvalue weighted by atomic mass is 10.3. The molecule has 0 heterocycles. The first kappa shape index (κ1) is 20.2. The van der Waals surface area contributed by atoms with E-state index in [1.807, 2.05) is 6.92 Å². The van der Waals surface area contributed by atoms with Crippen LogP contribution >= 0.6 is 0 Å². The van der Waals surface area contributed by atoms with Crippen LogP contribution in [0.25, 0.3) is 0 Å². The second-order valence-electron chi connectivity index (χ2n) is 5.62. The topological polar surface area (TPSA) is 48.9 Å². The van der Waals surface area contributed by atoms with Crippen LogP contribution in [0.1, 0.15) is 27.2 Å². The second-order valence-corrected chi connectivity index (χ2v) is 5.62. The highest BCUT2D eigenvalue weighted by atomic mass is 19.1. The molecule has 1 rings (SSSR count). The molecule has 0 saturated carbocycles. The fourth-order valence-corrected chi connectivity index (χ4v) is 2.31. The Bertz CT molecular complexity index is 492. The molecule has 0 amide bonds. The standard InChI is InChI=1S/C18H31FN4O/c1-5-23(6-2)13-9-12-21-18(20-4)22-14-15(3)24-17-11-8-7-10-16(17)19/h7-8,10-11,15H,5-6,9,12-14H2,1-4H3,(H2,20,21,22). The van der Waals surface area contributed by atoms with Crippen molar-refractivity contribution in [2.24, 2.45) is 4.99 Å². The van der Waals surface area contributed by atoms with Crippen molar-refractivity contribution in [3.63, 3.8) is 0 Å². The molecule has 1 atom stereocenters. The van der Waals surface area contributed by atoms with E-state index >= 15 is 0 Å². The number of hydrogen-bond donors (Lipinski definition) is 2. The minimum atomic E-state index is -0.344. The maximum absolute atomic E-state index is 13.6. The average molecular weight is 338 g/mol. The molecular formula is C18H31FN4O. The molecule has 1 aromatic carbocycles. The van der Waals surface area contributed by atoms with Crippen LogP contribution in [0, 0.1) is 5.82 Å². The van der Waals surface area contributed by atoms with Crippen LogP contribution in [-0.4, -0.2) is 56.7 Å². The molecule has 0 aromatic heterocycles. The number of para-hydroxylation sites is 1. The Morgan fingerprint density at radius 2 is 1.96 bits per heavy atom. The highest BCUT2D eigenvalue weighted by Crippen LogP contribution is 2.16. The minimum absolute atomic E-state index is 0.170. The van der Waals surface area contributed by atoms with Gasteiger partial charge in [-0.1, -0.05) is 26.0 Å². The van der Waals surface area contributed by atoms with Crippen molar-refractivity contribution in [3.8, 4) is 5.75 Å². The van der Waals surface area contributed by atoms with Crippen LogP contribution in [0.2, 0.25) is 0 Å². The Balaban J connectivity index is 2.27. The fraction of sp³-hybridized carbons (Fsp3) is 0.611. The molecule has 0 saturated heterocycles. The summed E-state index contributed by atoms with van der Waals surface area (Å²) in [6.07, 6.45) is 0.889. The van der Waals surface area contributed by atoms with Gasteiger partial charge in [0.25, 0.3) is 0 Å². The summed E-state index contributed by atoms with van der Waals surface area (Å²) < 4.78 is 19.2. The van der Waals surface area contributed by atoms with E-state index in [1.165, 1.54) is 6.07 Å². The maximum Gasteiger partial charge on any atom is 0.191 e. The maximum atomic E-state index is 13.6. The zero-order chi connectivity index (χ0) is 17.8. The molecule has 5 nitrogen and oxygen atoms in total. The average Bonchev–Trinajstić information content (AvgIpc) is 2.59. The molecule has 0 aliphatic rings. The van der Waals surface area contributed by atoms with E-state index in [2.05, 4.69) is 34.4 Å². The van der Waals surface area contributed by atoms with Crippen molar-refractivity contribution >= 4 is 5.96 Å². The number of nitrogens with one attached hydrogen (secondary N) is 2. The first-order valence-corrected chi connectivity index (χ1v) is 8.68. The van der Waals surface area contributed by atoms with E-state index in [0.29, 0.717) is 6.54 Å². The smallest absolute Gasteiger partial charge is 0.191 e.